The number of hydrogen-bond donors (Lipinski definition) is 1. The maximum atomic E-state index is 10.8. The van der Waals surface area contributed by atoms with Crippen molar-refractivity contribution < 1.29 is 14.6 Å². The first kappa shape index (κ1) is 16.2. The van der Waals surface area contributed by atoms with E-state index in [1.165, 1.54) is 0 Å². The molecule has 0 bridgehead atoms. The van der Waals surface area contributed by atoms with Crippen LogP contribution in [0.4, 0.5) is 0 Å². The van der Waals surface area contributed by atoms with Gasteiger partial charge in [0.15, 0.2) is 0 Å². The lowest BCUT2D eigenvalue weighted by Crippen LogP contribution is -2.53. The highest BCUT2D eigenvalue weighted by Crippen LogP contribution is 2.44. The summed E-state index contributed by atoms with van der Waals surface area (Å²) in [6.45, 7) is 15.2. The van der Waals surface area contributed by atoms with E-state index in [1.807, 2.05) is 0 Å². The third-order valence-corrected chi connectivity index (χ3v) is 4.79. The van der Waals surface area contributed by atoms with E-state index < -0.39 is 6.10 Å². The van der Waals surface area contributed by atoms with Crippen LogP contribution >= 0.6 is 0 Å². The summed E-state index contributed by atoms with van der Waals surface area (Å²) in [6.07, 6.45) is 0.309. The summed E-state index contributed by atoms with van der Waals surface area (Å²) in [5.74, 6) is 0.120. The molecule has 2 heterocycles. The Bertz CT molecular complexity index is 341. The number of morpholine rings is 1. The third kappa shape index (κ3) is 3.35. The maximum Gasteiger partial charge on any atom is 0.0964 e. The summed E-state index contributed by atoms with van der Waals surface area (Å²) in [5.41, 5.74) is -0.464. The lowest BCUT2D eigenvalue weighted by atomic mass is 9.80. The Morgan fingerprint density at radius 3 is 2.35 bits per heavy atom. The largest absolute Gasteiger partial charge is 0.390 e. The fraction of sp³-hybridized carbons (Fsp3) is 1.00. The molecule has 0 aromatic carbocycles. The van der Waals surface area contributed by atoms with Crippen molar-refractivity contribution in [2.75, 3.05) is 19.7 Å². The summed E-state index contributed by atoms with van der Waals surface area (Å²) in [5, 5.41) is 10.8. The van der Waals surface area contributed by atoms with Gasteiger partial charge in [-0.3, -0.25) is 4.90 Å². The molecule has 2 fully saturated rings. The van der Waals surface area contributed by atoms with E-state index in [4.69, 9.17) is 9.47 Å². The topological polar surface area (TPSA) is 41.9 Å². The molecule has 4 nitrogen and oxygen atoms in total. The van der Waals surface area contributed by atoms with Crippen LogP contribution in [-0.4, -0.2) is 59.2 Å². The van der Waals surface area contributed by atoms with E-state index in [0.717, 1.165) is 19.5 Å². The number of hydrogen-bond acceptors (Lipinski definition) is 4. The van der Waals surface area contributed by atoms with Gasteiger partial charge in [-0.15, -0.1) is 0 Å². The van der Waals surface area contributed by atoms with Crippen molar-refractivity contribution in [2.24, 2.45) is 5.92 Å². The van der Waals surface area contributed by atoms with Crippen molar-refractivity contribution in [3.05, 3.63) is 0 Å². The molecule has 0 spiro atoms. The van der Waals surface area contributed by atoms with E-state index in [-0.39, 0.29) is 23.2 Å². The third-order valence-electron chi connectivity index (χ3n) is 4.79. The average Bonchev–Trinajstić information content (AvgIpc) is 2.56. The minimum atomic E-state index is -0.465. The molecule has 3 atom stereocenters. The molecular weight excluding hydrogens is 254 g/mol. The average molecular weight is 285 g/mol. The molecule has 0 aromatic heterocycles. The molecule has 2 aliphatic rings. The molecule has 0 aromatic rings. The van der Waals surface area contributed by atoms with Crippen LogP contribution in [0.3, 0.4) is 0 Å². The van der Waals surface area contributed by atoms with Gasteiger partial charge in [0.25, 0.3) is 0 Å². The van der Waals surface area contributed by atoms with Gasteiger partial charge in [-0.2, -0.15) is 0 Å². The highest BCUT2D eigenvalue weighted by Gasteiger charge is 2.51. The Balaban J connectivity index is 2.05. The first-order valence-corrected chi connectivity index (χ1v) is 7.86. The summed E-state index contributed by atoms with van der Waals surface area (Å²) in [4.78, 5) is 2.38. The van der Waals surface area contributed by atoms with Gasteiger partial charge in [0, 0.05) is 25.0 Å². The van der Waals surface area contributed by atoms with Gasteiger partial charge in [-0.1, -0.05) is 0 Å². The molecule has 0 radical (unpaired) electrons. The summed E-state index contributed by atoms with van der Waals surface area (Å²) in [6, 6.07) is 0.498. The number of aliphatic hydroxyl groups excluding tert-OH is 1. The van der Waals surface area contributed by atoms with Crippen molar-refractivity contribution >= 4 is 0 Å². The van der Waals surface area contributed by atoms with Crippen molar-refractivity contribution in [3.8, 4) is 0 Å². The Morgan fingerprint density at radius 1 is 1.20 bits per heavy atom. The van der Waals surface area contributed by atoms with Crippen LogP contribution in [0, 0.1) is 5.92 Å². The standard InChI is InChI=1S/C16H31NO3/c1-11(2)17-7-8-19-13(10-17)14(18)12-9-15(3,4)20-16(12,5)6/h11-14,18H,7-10H2,1-6H3. The minimum Gasteiger partial charge on any atom is -0.390 e. The lowest BCUT2D eigenvalue weighted by molar-refractivity contribution is -0.136. The second-order valence-corrected chi connectivity index (χ2v) is 7.76. The molecule has 0 aliphatic carbocycles. The van der Waals surface area contributed by atoms with E-state index in [0.29, 0.717) is 12.6 Å². The zero-order valence-corrected chi connectivity index (χ0v) is 13.8. The first-order valence-electron chi connectivity index (χ1n) is 7.86. The van der Waals surface area contributed by atoms with E-state index in [9.17, 15) is 5.11 Å². The van der Waals surface area contributed by atoms with Gasteiger partial charge in [0.1, 0.15) is 0 Å². The first-order chi connectivity index (χ1) is 9.12. The summed E-state index contributed by atoms with van der Waals surface area (Å²) >= 11 is 0. The van der Waals surface area contributed by atoms with Crippen LogP contribution in [0.2, 0.25) is 0 Å². The normalized spacial score (nSPS) is 35.4. The van der Waals surface area contributed by atoms with Crippen LogP contribution < -0.4 is 0 Å². The predicted molar refractivity (Wildman–Crippen MR) is 79.8 cm³/mol. The molecule has 0 amide bonds. The monoisotopic (exact) mass is 285 g/mol. The van der Waals surface area contributed by atoms with Crippen molar-refractivity contribution in [1.29, 1.82) is 0 Å². The Labute approximate surface area is 123 Å². The molecule has 118 valence electrons. The molecule has 2 aliphatic heterocycles. The fourth-order valence-electron chi connectivity index (χ4n) is 3.77. The number of aliphatic hydroxyl groups is 1. The van der Waals surface area contributed by atoms with Gasteiger partial charge in [0.05, 0.1) is 30.0 Å². The molecule has 3 unspecified atom stereocenters. The fourth-order valence-corrected chi connectivity index (χ4v) is 3.77. The highest BCUT2D eigenvalue weighted by atomic mass is 16.5. The summed E-state index contributed by atoms with van der Waals surface area (Å²) in [7, 11) is 0. The van der Waals surface area contributed by atoms with Gasteiger partial charge in [-0.25, -0.2) is 0 Å². The maximum absolute atomic E-state index is 10.8. The van der Waals surface area contributed by atoms with Crippen LogP contribution in [0.1, 0.15) is 48.0 Å². The zero-order valence-electron chi connectivity index (χ0n) is 13.8. The van der Waals surface area contributed by atoms with E-state index in [2.05, 4.69) is 46.4 Å². The molecule has 2 saturated heterocycles. The second-order valence-electron chi connectivity index (χ2n) is 7.76. The predicted octanol–water partition coefficient (Wildman–Crippen LogP) is 2.05. The molecule has 20 heavy (non-hydrogen) atoms. The van der Waals surface area contributed by atoms with Crippen LogP contribution in [-0.2, 0) is 9.47 Å². The highest BCUT2D eigenvalue weighted by molar-refractivity contribution is 5.00. The van der Waals surface area contributed by atoms with E-state index >= 15 is 0 Å². The van der Waals surface area contributed by atoms with Crippen LogP contribution in [0.5, 0.6) is 0 Å². The number of nitrogens with zero attached hydrogens (tertiary/aromatic N) is 1. The Hall–Kier alpha value is -0.160. The van der Waals surface area contributed by atoms with Gasteiger partial charge in [0.2, 0.25) is 0 Å². The zero-order chi connectivity index (χ0) is 15.1. The summed E-state index contributed by atoms with van der Waals surface area (Å²) < 4.78 is 12.0. The van der Waals surface area contributed by atoms with Gasteiger partial charge in [-0.05, 0) is 48.0 Å². The van der Waals surface area contributed by atoms with Crippen LogP contribution in [0.25, 0.3) is 0 Å². The SMILES string of the molecule is CC(C)N1CCOC(C(O)C2CC(C)(C)OC2(C)C)C1. The van der Waals surface area contributed by atoms with Gasteiger partial charge >= 0.3 is 0 Å². The van der Waals surface area contributed by atoms with E-state index in [1.54, 1.807) is 0 Å². The Kier molecular flexibility index (Phi) is 4.51. The molecular formula is C16H31NO3. The lowest BCUT2D eigenvalue weighted by Gasteiger charge is -2.40. The molecule has 0 saturated carbocycles. The van der Waals surface area contributed by atoms with Crippen LogP contribution in [0.15, 0.2) is 0 Å². The van der Waals surface area contributed by atoms with Crippen molar-refractivity contribution in [3.63, 3.8) is 0 Å². The van der Waals surface area contributed by atoms with Crippen molar-refractivity contribution in [1.82, 2.24) is 4.90 Å². The quantitative estimate of drug-likeness (QED) is 0.862. The number of ether oxygens (including phenoxy) is 2. The molecule has 4 heteroatoms. The second kappa shape index (κ2) is 5.56. The minimum absolute atomic E-state index is 0.104. The smallest absolute Gasteiger partial charge is 0.0964 e. The molecule has 2 rings (SSSR count). The molecule has 1 N–H and O–H groups in total. The Morgan fingerprint density at radius 2 is 1.85 bits per heavy atom. The van der Waals surface area contributed by atoms with Crippen molar-refractivity contribution in [2.45, 2.75) is 77.4 Å². The number of rotatable bonds is 3. The van der Waals surface area contributed by atoms with Gasteiger partial charge < -0.3 is 14.6 Å².